The molecule has 3 heteroatoms. The Morgan fingerprint density at radius 2 is 2.25 bits per heavy atom. The Morgan fingerprint density at radius 3 is 2.83 bits per heavy atom. The summed E-state index contributed by atoms with van der Waals surface area (Å²) in [5.41, 5.74) is 7.26. The maximum absolute atomic E-state index is 12.8. The van der Waals surface area contributed by atoms with Gasteiger partial charge < -0.3 is 11.1 Å². The molecule has 64 valence electrons. The van der Waals surface area contributed by atoms with E-state index in [0.29, 0.717) is 5.69 Å². The summed E-state index contributed by atoms with van der Waals surface area (Å²) in [5.74, 6) is -0.215. The number of anilines is 1. The number of rotatable bonds is 1. The van der Waals surface area contributed by atoms with E-state index >= 15 is 0 Å². The molecule has 1 fully saturated rings. The minimum absolute atomic E-state index is 0.215. The molecule has 0 aromatic heterocycles. The van der Waals surface area contributed by atoms with Crippen LogP contribution in [-0.4, -0.2) is 6.54 Å². The largest absolute Gasteiger partial charge is 0.398 e. The summed E-state index contributed by atoms with van der Waals surface area (Å²) in [6.07, 6.45) is 1.05. The molecule has 0 spiro atoms. The molecule has 2 rings (SSSR count). The number of halogens is 1. The summed E-state index contributed by atoms with van der Waals surface area (Å²) >= 11 is 0. The zero-order valence-electron chi connectivity index (χ0n) is 6.68. The molecule has 0 radical (unpaired) electrons. The molecule has 12 heavy (non-hydrogen) atoms. The fourth-order valence-electron chi connectivity index (χ4n) is 1.40. The molecule has 0 bridgehead atoms. The van der Waals surface area contributed by atoms with Crippen LogP contribution in [0.25, 0.3) is 0 Å². The molecule has 2 nitrogen and oxygen atoms in total. The highest BCUT2D eigenvalue weighted by Gasteiger charge is 2.20. The topological polar surface area (TPSA) is 38.0 Å². The summed E-state index contributed by atoms with van der Waals surface area (Å²) < 4.78 is 12.8. The molecule has 1 aromatic rings. The lowest BCUT2D eigenvalue weighted by Crippen LogP contribution is -2.35. The maximum atomic E-state index is 12.8. The molecule has 1 aromatic carbocycles. The highest BCUT2D eigenvalue weighted by Crippen LogP contribution is 2.27. The van der Waals surface area contributed by atoms with Crippen molar-refractivity contribution in [3.05, 3.63) is 29.6 Å². The molecule has 1 saturated heterocycles. The van der Waals surface area contributed by atoms with Crippen molar-refractivity contribution >= 4 is 5.69 Å². The third-order valence-corrected chi connectivity index (χ3v) is 2.25. The van der Waals surface area contributed by atoms with E-state index in [4.69, 9.17) is 5.73 Å². The summed E-state index contributed by atoms with van der Waals surface area (Å²) in [4.78, 5) is 0. The van der Waals surface area contributed by atoms with Crippen molar-refractivity contribution in [1.29, 1.82) is 0 Å². The Hall–Kier alpha value is -1.09. The van der Waals surface area contributed by atoms with E-state index in [1.54, 1.807) is 6.07 Å². The predicted molar refractivity (Wildman–Crippen MR) is 46.2 cm³/mol. The van der Waals surface area contributed by atoms with Crippen molar-refractivity contribution in [2.75, 3.05) is 12.3 Å². The first-order valence-electron chi connectivity index (χ1n) is 4.05. The zero-order chi connectivity index (χ0) is 8.55. The number of hydrogen-bond acceptors (Lipinski definition) is 2. The zero-order valence-corrected chi connectivity index (χ0v) is 6.68. The van der Waals surface area contributed by atoms with Gasteiger partial charge in [-0.05, 0) is 36.7 Å². The van der Waals surface area contributed by atoms with Crippen LogP contribution in [0.5, 0.6) is 0 Å². The van der Waals surface area contributed by atoms with Crippen LogP contribution in [0.3, 0.4) is 0 Å². The van der Waals surface area contributed by atoms with Crippen molar-refractivity contribution in [2.24, 2.45) is 0 Å². The average molecular weight is 166 g/mol. The Bertz CT molecular complexity index is 295. The van der Waals surface area contributed by atoms with Crippen LogP contribution >= 0.6 is 0 Å². The second kappa shape index (κ2) is 2.75. The summed E-state index contributed by atoms with van der Waals surface area (Å²) in [6, 6.07) is 4.77. The molecule has 0 unspecified atom stereocenters. The molecule has 0 saturated carbocycles. The smallest absolute Gasteiger partial charge is 0.123 e. The van der Waals surface area contributed by atoms with Gasteiger partial charge in [-0.3, -0.25) is 0 Å². The second-order valence-electron chi connectivity index (χ2n) is 3.07. The summed E-state index contributed by atoms with van der Waals surface area (Å²) in [6.45, 7) is 1.00. The number of nitrogen functional groups attached to an aromatic ring is 1. The standard InChI is InChI=1S/C9H11FN2/c10-6-1-2-8(11)7(5-6)9-3-4-12-9/h1-2,5,9,12H,3-4,11H2/t9-/m1/s1. The van der Waals surface area contributed by atoms with Gasteiger partial charge in [-0.1, -0.05) is 0 Å². The first-order valence-corrected chi connectivity index (χ1v) is 4.05. The molecule has 3 N–H and O–H groups in total. The number of hydrogen-bond donors (Lipinski definition) is 2. The normalized spacial score (nSPS) is 21.9. The lowest BCUT2D eigenvalue weighted by Gasteiger charge is -2.28. The first-order chi connectivity index (χ1) is 5.77. The van der Waals surface area contributed by atoms with E-state index in [9.17, 15) is 4.39 Å². The van der Waals surface area contributed by atoms with Crippen LogP contribution in [0.15, 0.2) is 18.2 Å². The number of nitrogens with two attached hydrogens (primary N) is 1. The van der Waals surface area contributed by atoms with Crippen molar-refractivity contribution in [1.82, 2.24) is 5.32 Å². The van der Waals surface area contributed by atoms with E-state index in [1.165, 1.54) is 12.1 Å². The summed E-state index contributed by atoms with van der Waals surface area (Å²) in [7, 11) is 0. The van der Waals surface area contributed by atoms with Crippen LogP contribution in [-0.2, 0) is 0 Å². The minimum atomic E-state index is -0.215. The SMILES string of the molecule is Nc1ccc(F)cc1[C@H]1CCN1. The van der Waals surface area contributed by atoms with Crippen molar-refractivity contribution < 1.29 is 4.39 Å². The molecule has 1 heterocycles. The van der Waals surface area contributed by atoms with Crippen molar-refractivity contribution in [3.63, 3.8) is 0 Å². The van der Waals surface area contributed by atoms with E-state index in [1.807, 2.05) is 0 Å². The van der Waals surface area contributed by atoms with E-state index < -0.39 is 0 Å². The van der Waals surface area contributed by atoms with Gasteiger partial charge in [-0.15, -0.1) is 0 Å². The maximum Gasteiger partial charge on any atom is 0.123 e. The van der Waals surface area contributed by atoms with E-state index in [0.717, 1.165) is 18.5 Å². The quantitative estimate of drug-likeness (QED) is 0.619. The van der Waals surface area contributed by atoms with Gasteiger partial charge in [0.1, 0.15) is 5.82 Å². The highest BCUT2D eigenvalue weighted by molar-refractivity contribution is 5.49. The molecule has 0 aliphatic carbocycles. The van der Waals surface area contributed by atoms with Crippen LogP contribution in [0.4, 0.5) is 10.1 Å². The van der Waals surface area contributed by atoms with E-state index in [2.05, 4.69) is 5.32 Å². The van der Waals surface area contributed by atoms with Crippen molar-refractivity contribution in [3.8, 4) is 0 Å². The Kier molecular flexibility index (Phi) is 1.73. The van der Waals surface area contributed by atoms with Gasteiger partial charge in [0.05, 0.1) is 0 Å². The molecular weight excluding hydrogens is 155 g/mol. The lowest BCUT2D eigenvalue weighted by molar-refractivity contribution is 0.383. The monoisotopic (exact) mass is 166 g/mol. The van der Waals surface area contributed by atoms with Gasteiger partial charge in [0.15, 0.2) is 0 Å². The third kappa shape index (κ3) is 1.16. The Labute approximate surface area is 70.6 Å². The van der Waals surface area contributed by atoms with Crippen LogP contribution in [0.1, 0.15) is 18.0 Å². The van der Waals surface area contributed by atoms with Gasteiger partial charge in [0.25, 0.3) is 0 Å². The minimum Gasteiger partial charge on any atom is -0.398 e. The first kappa shape index (κ1) is 7.55. The molecule has 1 atom stereocenters. The van der Waals surface area contributed by atoms with E-state index in [-0.39, 0.29) is 11.9 Å². The second-order valence-corrected chi connectivity index (χ2v) is 3.07. The number of benzene rings is 1. The molecule has 1 aliphatic rings. The number of nitrogens with one attached hydrogen (secondary N) is 1. The fraction of sp³-hybridized carbons (Fsp3) is 0.333. The van der Waals surface area contributed by atoms with Gasteiger partial charge >= 0.3 is 0 Å². The van der Waals surface area contributed by atoms with Gasteiger partial charge in [0, 0.05) is 11.7 Å². The van der Waals surface area contributed by atoms with Gasteiger partial charge in [-0.2, -0.15) is 0 Å². The molecule has 0 amide bonds. The lowest BCUT2D eigenvalue weighted by atomic mass is 9.96. The molecule has 1 aliphatic heterocycles. The van der Waals surface area contributed by atoms with Crippen LogP contribution in [0, 0.1) is 5.82 Å². The van der Waals surface area contributed by atoms with Crippen molar-refractivity contribution in [2.45, 2.75) is 12.5 Å². The highest BCUT2D eigenvalue weighted by atomic mass is 19.1. The third-order valence-electron chi connectivity index (χ3n) is 2.25. The average Bonchev–Trinajstić information content (AvgIpc) is 1.93. The fourth-order valence-corrected chi connectivity index (χ4v) is 1.40. The van der Waals surface area contributed by atoms with Crippen LogP contribution < -0.4 is 11.1 Å². The Balaban J connectivity index is 2.34. The Morgan fingerprint density at radius 1 is 1.50 bits per heavy atom. The molecular formula is C9H11FN2. The van der Waals surface area contributed by atoms with Crippen LogP contribution in [0.2, 0.25) is 0 Å². The summed E-state index contributed by atoms with van der Waals surface area (Å²) in [5, 5.41) is 3.18. The van der Waals surface area contributed by atoms with Gasteiger partial charge in [-0.25, -0.2) is 4.39 Å². The van der Waals surface area contributed by atoms with Gasteiger partial charge in [0.2, 0.25) is 0 Å². The predicted octanol–water partition coefficient (Wildman–Crippen LogP) is 1.44.